The molecule has 21 heavy (non-hydrogen) atoms. The fourth-order valence-corrected chi connectivity index (χ4v) is 2.61. The molecule has 124 valence electrons. The summed E-state index contributed by atoms with van der Waals surface area (Å²) >= 11 is 0. The first-order valence-electron chi connectivity index (χ1n) is 8.47. The Labute approximate surface area is 130 Å². The van der Waals surface area contributed by atoms with Crippen molar-refractivity contribution in [2.24, 2.45) is 5.41 Å². The van der Waals surface area contributed by atoms with Crippen molar-refractivity contribution in [3.05, 3.63) is 0 Å². The Hall–Kier alpha value is -0.610. The number of carbonyl (C=O) groups excluding carboxylic acids is 1. The van der Waals surface area contributed by atoms with Gasteiger partial charge in [-0.3, -0.25) is 9.63 Å². The van der Waals surface area contributed by atoms with Gasteiger partial charge in [-0.25, -0.2) is 0 Å². The molecule has 0 spiro atoms. The summed E-state index contributed by atoms with van der Waals surface area (Å²) < 4.78 is 0. The molecule has 0 aromatic carbocycles. The summed E-state index contributed by atoms with van der Waals surface area (Å²) in [5, 5.41) is 1.98. The van der Waals surface area contributed by atoms with E-state index in [1.807, 2.05) is 23.8 Å². The molecule has 1 heterocycles. The molecule has 0 bridgehead atoms. The van der Waals surface area contributed by atoms with Crippen molar-refractivity contribution in [2.45, 2.75) is 72.8 Å². The van der Waals surface area contributed by atoms with E-state index >= 15 is 0 Å². The molecule has 4 heteroatoms. The summed E-state index contributed by atoms with van der Waals surface area (Å²) in [5.74, 6) is 0.315. The van der Waals surface area contributed by atoms with Crippen molar-refractivity contribution in [3.8, 4) is 0 Å². The number of rotatable bonds is 7. The first-order valence-corrected chi connectivity index (χ1v) is 8.47. The summed E-state index contributed by atoms with van der Waals surface area (Å²) in [4.78, 5) is 19.8. The van der Waals surface area contributed by atoms with E-state index in [1.165, 1.54) is 19.3 Å². The van der Waals surface area contributed by atoms with Crippen molar-refractivity contribution < 1.29 is 9.63 Å². The van der Waals surface area contributed by atoms with Gasteiger partial charge in [0, 0.05) is 32.6 Å². The standard InChI is InChI=1S/C17H34N2O2/c1-15(2)21-19-13-11-18(12-14-19)16(20)9-7-6-8-10-17(3,4)5/h15H,6-14H2,1-5H3. The number of carbonyl (C=O) groups is 1. The number of hydrogen-bond donors (Lipinski definition) is 0. The Morgan fingerprint density at radius 1 is 1.05 bits per heavy atom. The van der Waals surface area contributed by atoms with E-state index < -0.39 is 0 Å². The van der Waals surface area contributed by atoms with Crippen LogP contribution in [0.15, 0.2) is 0 Å². The molecule has 1 rings (SSSR count). The predicted octanol–water partition coefficient (Wildman–Crippen LogP) is 3.47. The van der Waals surface area contributed by atoms with Gasteiger partial charge < -0.3 is 4.90 Å². The molecule has 0 aromatic rings. The zero-order valence-electron chi connectivity index (χ0n) is 14.7. The SMILES string of the molecule is CC(C)ON1CCN(C(=O)CCCCCC(C)(C)C)CC1. The molecule has 0 N–H and O–H groups in total. The Kier molecular flexibility index (Phi) is 7.67. The second kappa shape index (κ2) is 8.74. The highest BCUT2D eigenvalue weighted by molar-refractivity contribution is 5.76. The molecular formula is C17H34N2O2. The maximum Gasteiger partial charge on any atom is 0.222 e. The molecule has 0 aliphatic carbocycles. The Morgan fingerprint density at radius 2 is 1.67 bits per heavy atom. The number of piperazine rings is 1. The largest absolute Gasteiger partial charge is 0.340 e. The first kappa shape index (κ1) is 18.4. The molecular weight excluding hydrogens is 264 g/mol. The first-order chi connectivity index (χ1) is 9.78. The molecule has 0 atom stereocenters. The average molecular weight is 298 g/mol. The van der Waals surface area contributed by atoms with Crippen molar-refractivity contribution in [3.63, 3.8) is 0 Å². The van der Waals surface area contributed by atoms with E-state index in [-0.39, 0.29) is 6.10 Å². The third kappa shape index (κ3) is 8.42. The van der Waals surface area contributed by atoms with Crippen LogP contribution in [0.1, 0.15) is 66.7 Å². The average Bonchev–Trinajstić information content (AvgIpc) is 2.37. The number of nitrogens with zero attached hydrogens (tertiary/aromatic N) is 2. The van der Waals surface area contributed by atoms with Crippen LogP contribution in [0.5, 0.6) is 0 Å². The molecule has 0 aromatic heterocycles. The highest BCUT2D eigenvalue weighted by atomic mass is 16.7. The highest BCUT2D eigenvalue weighted by Crippen LogP contribution is 2.22. The molecule has 1 fully saturated rings. The van der Waals surface area contributed by atoms with E-state index in [2.05, 4.69) is 20.8 Å². The van der Waals surface area contributed by atoms with Gasteiger partial charge in [-0.1, -0.05) is 33.6 Å². The van der Waals surface area contributed by atoms with E-state index in [4.69, 9.17) is 4.84 Å². The van der Waals surface area contributed by atoms with Crippen LogP contribution in [0.25, 0.3) is 0 Å². The molecule has 1 aliphatic heterocycles. The molecule has 4 nitrogen and oxygen atoms in total. The molecule has 1 saturated heterocycles. The van der Waals surface area contributed by atoms with Crippen LogP contribution in [0.2, 0.25) is 0 Å². The summed E-state index contributed by atoms with van der Waals surface area (Å²) in [6, 6.07) is 0. The quantitative estimate of drug-likeness (QED) is 0.675. The summed E-state index contributed by atoms with van der Waals surface area (Å²) in [7, 11) is 0. The Morgan fingerprint density at radius 3 is 2.19 bits per heavy atom. The van der Waals surface area contributed by atoms with Crippen LogP contribution in [-0.4, -0.2) is 48.2 Å². The predicted molar refractivity (Wildman–Crippen MR) is 86.9 cm³/mol. The van der Waals surface area contributed by atoms with Crippen LogP contribution in [0, 0.1) is 5.41 Å². The lowest BCUT2D eigenvalue weighted by atomic mass is 9.89. The number of hydrogen-bond acceptors (Lipinski definition) is 3. The van der Waals surface area contributed by atoms with Gasteiger partial charge >= 0.3 is 0 Å². The highest BCUT2D eigenvalue weighted by Gasteiger charge is 2.21. The molecule has 0 unspecified atom stereocenters. The van der Waals surface area contributed by atoms with Gasteiger partial charge in [-0.15, -0.1) is 0 Å². The van der Waals surface area contributed by atoms with E-state index in [0.717, 1.165) is 32.6 Å². The number of amides is 1. The lowest BCUT2D eigenvalue weighted by molar-refractivity contribution is -0.203. The minimum absolute atomic E-state index is 0.218. The monoisotopic (exact) mass is 298 g/mol. The van der Waals surface area contributed by atoms with Gasteiger partial charge in [0.1, 0.15) is 0 Å². The zero-order chi connectivity index (χ0) is 15.9. The van der Waals surface area contributed by atoms with Crippen molar-refractivity contribution in [2.75, 3.05) is 26.2 Å². The maximum absolute atomic E-state index is 12.2. The summed E-state index contributed by atoms with van der Waals surface area (Å²) in [6.07, 6.45) is 5.58. The van der Waals surface area contributed by atoms with Crippen LogP contribution >= 0.6 is 0 Å². The molecule has 0 radical (unpaired) electrons. The lowest BCUT2D eigenvalue weighted by Crippen LogP contribution is -2.49. The van der Waals surface area contributed by atoms with Crippen LogP contribution in [0.3, 0.4) is 0 Å². The fourth-order valence-electron chi connectivity index (χ4n) is 2.61. The van der Waals surface area contributed by atoms with Crippen molar-refractivity contribution in [1.29, 1.82) is 0 Å². The minimum Gasteiger partial charge on any atom is -0.340 e. The molecule has 0 saturated carbocycles. The lowest BCUT2D eigenvalue weighted by Gasteiger charge is -2.34. The van der Waals surface area contributed by atoms with E-state index in [0.29, 0.717) is 17.7 Å². The molecule has 1 amide bonds. The second-order valence-electron chi connectivity index (χ2n) is 7.59. The van der Waals surface area contributed by atoms with Crippen LogP contribution < -0.4 is 0 Å². The molecule has 1 aliphatic rings. The zero-order valence-corrected chi connectivity index (χ0v) is 14.7. The number of unbranched alkanes of at least 4 members (excludes halogenated alkanes) is 2. The van der Waals surface area contributed by atoms with E-state index in [9.17, 15) is 4.79 Å². The van der Waals surface area contributed by atoms with Gasteiger partial charge in [0.2, 0.25) is 5.91 Å². The van der Waals surface area contributed by atoms with Crippen LogP contribution in [-0.2, 0) is 9.63 Å². The summed E-state index contributed by atoms with van der Waals surface area (Å²) in [6.45, 7) is 14.2. The maximum atomic E-state index is 12.2. The summed E-state index contributed by atoms with van der Waals surface area (Å²) in [5.41, 5.74) is 0.413. The van der Waals surface area contributed by atoms with Gasteiger partial charge in [0.25, 0.3) is 0 Å². The third-order valence-electron chi connectivity index (χ3n) is 3.77. The van der Waals surface area contributed by atoms with Gasteiger partial charge in [0.05, 0.1) is 6.10 Å². The van der Waals surface area contributed by atoms with Crippen LogP contribution in [0.4, 0.5) is 0 Å². The Bertz CT molecular complexity index is 302. The van der Waals surface area contributed by atoms with Gasteiger partial charge in [-0.05, 0) is 32.1 Å². The van der Waals surface area contributed by atoms with Gasteiger partial charge in [-0.2, -0.15) is 5.06 Å². The smallest absolute Gasteiger partial charge is 0.222 e. The normalized spacial score (nSPS) is 17.5. The second-order valence-corrected chi connectivity index (χ2v) is 7.59. The topological polar surface area (TPSA) is 32.8 Å². The van der Waals surface area contributed by atoms with Gasteiger partial charge in [0.15, 0.2) is 0 Å². The number of hydroxylamine groups is 2. The third-order valence-corrected chi connectivity index (χ3v) is 3.77. The Balaban J connectivity index is 2.11. The fraction of sp³-hybridized carbons (Fsp3) is 0.941. The minimum atomic E-state index is 0.218. The van der Waals surface area contributed by atoms with Crippen molar-refractivity contribution >= 4 is 5.91 Å². The van der Waals surface area contributed by atoms with Crippen molar-refractivity contribution in [1.82, 2.24) is 9.96 Å². The van der Waals surface area contributed by atoms with E-state index in [1.54, 1.807) is 0 Å².